The number of amides is 1. The third kappa shape index (κ3) is 5.19. The molecule has 2 heterocycles. The Morgan fingerprint density at radius 3 is 2.59 bits per heavy atom. The fourth-order valence-corrected chi connectivity index (χ4v) is 2.61. The first kappa shape index (κ1) is 18.7. The molecule has 0 fully saturated rings. The number of halogens is 3. The predicted molar refractivity (Wildman–Crippen MR) is 91.7 cm³/mol. The number of imidazole rings is 1. The van der Waals surface area contributed by atoms with E-state index in [1.165, 1.54) is 0 Å². The average molecular weight is 377 g/mol. The van der Waals surface area contributed by atoms with Gasteiger partial charge in [-0.05, 0) is 11.6 Å². The molecule has 0 spiro atoms. The van der Waals surface area contributed by atoms with Gasteiger partial charge < -0.3 is 9.88 Å². The summed E-state index contributed by atoms with van der Waals surface area (Å²) in [5, 5.41) is 6.03. The molecule has 3 aromatic rings. The second-order valence-electron chi connectivity index (χ2n) is 5.95. The highest BCUT2D eigenvalue weighted by Gasteiger charge is 2.33. The summed E-state index contributed by atoms with van der Waals surface area (Å²) in [6, 6.07) is 10.8. The third-order valence-corrected chi connectivity index (χ3v) is 3.90. The third-order valence-electron chi connectivity index (χ3n) is 3.90. The Hall–Kier alpha value is -3.10. The normalized spacial score (nSPS) is 11.5. The van der Waals surface area contributed by atoms with Gasteiger partial charge >= 0.3 is 6.18 Å². The summed E-state index contributed by atoms with van der Waals surface area (Å²) >= 11 is 0. The number of carbonyl (C=O) groups is 1. The van der Waals surface area contributed by atoms with Gasteiger partial charge in [0.15, 0.2) is 5.69 Å². The number of carbonyl (C=O) groups excluding carboxylic acids is 1. The maximum atomic E-state index is 12.5. The summed E-state index contributed by atoms with van der Waals surface area (Å²) in [6.45, 7) is 0.740. The molecular weight excluding hydrogens is 359 g/mol. The number of nitrogens with zero attached hydrogens (tertiary/aromatic N) is 4. The summed E-state index contributed by atoms with van der Waals surface area (Å²) in [5.41, 5.74) is 0.123. The van der Waals surface area contributed by atoms with Crippen LogP contribution in [0.1, 0.15) is 17.1 Å². The summed E-state index contributed by atoms with van der Waals surface area (Å²) in [6.07, 6.45) is 0.695. The number of nitrogens with one attached hydrogen (secondary N) is 1. The van der Waals surface area contributed by atoms with Gasteiger partial charge in [-0.2, -0.15) is 18.3 Å². The van der Waals surface area contributed by atoms with Crippen LogP contribution in [0.15, 0.2) is 55.0 Å². The lowest BCUT2D eigenvalue weighted by atomic mass is 10.2. The number of aromatic nitrogens is 4. The van der Waals surface area contributed by atoms with Crippen molar-refractivity contribution in [3.05, 3.63) is 72.1 Å². The highest BCUT2D eigenvalue weighted by atomic mass is 19.4. The molecule has 0 aliphatic rings. The van der Waals surface area contributed by atoms with Gasteiger partial charge in [-0.15, -0.1) is 0 Å². The topological polar surface area (TPSA) is 64.7 Å². The van der Waals surface area contributed by atoms with E-state index in [0.717, 1.165) is 28.3 Å². The van der Waals surface area contributed by atoms with E-state index in [-0.39, 0.29) is 6.54 Å². The highest BCUT2D eigenvalue weighted by molar-refractivity contribution is 5.75. The Kier molecular flexibility index (Phi) is 5.58. The Morgan fingerprint density at radius 2 is 1.89 bits per heavy atom. The Bertz CT molecular complexity index is 886. The van der Waals surface area contributed by atoms with Gasteiger partial charge in [0.25, 0.3) is 0 Å². The minimum Gasteiger partial charge on any atom is -0.354 e. The quantitative estimate of drug-likeness (QED) is 0.688. The van der Waals surface area contributed by atoms with E-state index in [2.05, 4.69) is 15.4 Å². The first-order chi connectivity index (χ1) is 12.9. The minimum atomic E-state index is -4.52. The second-order valence-corrected chi connectivity index (χ2v) is 5.95. The van der Waals surface area contributed by atoms with Gasteiger partial charge in [0.1, 0.15) is 12.4 Å². The summed E-state index contributed by atoms with van der Waals surface area (Å²) in [4.78, 5) is 16.2. The SMILES string of the molecule is O=C(Cn1ccc(C(F)(F)F)n1)NCCc1nccn1Cc1ccccc1. The summed E-state index contributed by atoms with van der Waals surface area (Å²) in [5.74, 6) is 0.408. The van der Waals surface area contributed by atoms with Gasteiger partial charge in [-0.25, -0.2) is 4.98 Å². The predicted octanol–water partition coefficient (Wildman–Crippen LogP) is 2.51. The van der Waals surface area contributed by atoms with E-state index >= 15 is 0 Å². The summed E-state index contributed by atoms with van der Waals surface area (Å²) in [7, 11) is 0. The molecule has 1 amide bonds. The number of alkyl halides is 3. The van der Waals surface area contributed by atoms with E-state index in [0.29, 0.717) is 19.5 Å². The minimum absolute atomic E-state index is 0.269. The lowest BCUT2D eigenvalue weighted by Crippen LogP contribution is -2.30. The van der Waals surface area contributed by atoms with Crippen molar-refractivity contribution in [1.82, 2.24) is 24.6 Å². The van der Waals surface area contributed by atoms with Crippen molar-refractivity contribution in [1.29, 1.82) is 0 Å². The van der Waals surface area contributed by atoms with Crippen molar-refractivity contribution in [3.63, 3.8) is 0 Å². The fraction of sp³-hybridized carbons (Fsp3) is 0.278. The van der Waals surface area contributed by atoms with Crippen LogP contribution in [0.3, 0.4) is 0 Å². The first-order valence-corrected chi connectivity index (χ1v) is 8.33. The molecule has 1 N–H and O–H groups in total. The molecule has 0 radical (unpaired) electrons. The van der Waals surface area contributed by atoms with E-state index in [1.807, 2.05) is 41.1 Å². The maximum Gasteiger partial charge on any atom is 0.435 e. The molecule has 0 saturated carbocycles. The molecular formula is C18H18F3N5O. The number of hydrogen-bond acceptors (Lipinski definition) is 3. The van der Waals surface area contributed by atoms with Crippen LogP contribution in [0.5, 0.6) is 0 Å². The van der Waals surface area contributed by atoms with E-state index in [1.54, 1.807) is 6.20 Å². The van der Waals surface area contributed by atoms with E-state index in [4.69, 9.17) is 0 Å². The molecule has 9 heteroatoms. The lowest BCUT2D eigenvalue weighted by molar-refractivity contribution is -0.141. The van der Waals surface area contributed by atoms with Crippen molar-refractivity contribution in [3.8, 4) is 0 Å². The number of hydrogen-bond donors (Lipinski definition) is 1. The molecule has 142 valence electrons. The zero-order valence-corrected chi connectivity index (χ0v) is 14.4. The van der Waals surface area contributed by atoms with Gasteiger partial charge in [-0.3, -0.25) is 9.48 Å². The van der Waals surface area contributed by atoms with Gasteiger partial charge in [0.2, 0.25) is 5.91 Å². The molecule has 2 aromatic heterocycles. The van der Waals surface area contributed by atoms with Crippen LogP contribution in [-0.2, 0) is 30.5 Å². The molecule has 0 saturated heterocycles. The molecule has 0 bridgehead atoms. The fourth-order valence-electron chi connectivity index (χ4n) is 2.61. The van der Waals surface area contributed by atoms with Crippen molar-refractivity contribution in [2.75, 3.05) is 6.54 Å². The second kappa shape index (κ2) is 8.07. The molecule has 0 atom stereocenters. The monoisotopic (exact) mass is 377 g/mol. The van der Waals surface area contributed by atoms with E-state index in [9.17, 15) is 18.0 Å². The van der Waals surface area contributed by atoms with Crippen LogP contribution in [-0.4, -0.2) is 31.8 Å². The van der Waals surface area contributed by atoms with Crippen molar-refractivity contribution < 1.29 is 18.0 Å². The van der Waals surface area contributed by atoms with Crippen molar-refractivity contribution in [2.45, 2.75) is 25.7 Å². The smallest absolute Gasteiger partial charge is 0.354 e. The number of benzene rings is 1. The first-order valence-electron chi connectivity index (χ1n) is 8.33. The molecule has 1 aromatic carbocycles. The van der Waals surface area contributed by atoms with Gasteiger partial charge in [-0.1, -0.05) is 30.3 Å². The van der Waals surface area contributed by atoms with Gasteiger partial charge in [0.05, 0.1) is 0 Å². The lowest BCUT2D eigenvalue weighted by Gasteiger charge is -2.09. The van der Waals surface area contributed by atoms with Crippen molar-refractivity contribution in [2.24, 2.45) is 0 Å². The highest BCUT2D eigenvalue weighted by Crippen LogP contribution is 2.27. The zero-order chi connectivity index (χ0) is 19.3. The van der Waals surface area contributed by atoms with E-state index < -0.39 is 17.8 Å². The molecule has 27 heavy (non-hydrogen) atoms. The van der Waals surface area contributed by atoms with Crippen LogP contribution >= 0.6 is 0 Å². The van der Waals surface area contributed by atoms with Crippen LogP contribution in [0.4, 0.5) is 13.2 Å². The Labute approximate surface area is 153 Å². The Morgan fingerprint density at radius 1 is 1.11 bits per heavy atom. The van der Waals surface area contributed by atoms with Crippen molar-refractivity contribution >= 4 is 5.91 Å². The Balaban J connectivity index is 1.48. The molecule has 3 rings (SSSR count). The molecule has 0 unspecified atom stereocenters. The van der Waals surface area contributed by atoms with Crippen LogP contribution < -0.4 is 5.32 Å². The standard InChI is InChI=1S/C18H18F3N5O/c19-18(20,21)15-7-10-26(24-15)13-17(27)23-8-6-16-22-9-11-25(16)12-14-4-2-1-3-5-14/h1-5,7,9-11H,6,8,12-13H2,(H,23,27). The maximum absolute atomic E-state index is 12.5. The van der Waals surface area contributed by atoms with Crippen LogP contribution in [0, 0.1) is 0 Å². The van der Waals surface area contributed by atoms with Crippen LogP contribution in [0.2, 0.25) is 0 Å². The summed E-state index contributed by atoms with van der Waals surface area (Å²) < 4.78 is 40.5. The van der Waals surface area contributed by atoms with Gasteiger partial charge in [0, 0.05) is 38.1 Å². The molecule has 0 aliphatic heterocycles. The van der Waals surface area contributed by atoms with Crippen LogP contribution in [0.25, 0.3) is 0 Å². The number of rotatable bonds is 7. The molecule has 6 nitrogen and oxygen atoms in total. The zero-order valence-electron chi connectivity index (χ0n) is 14.4. The molecule has 0 aliphatic carbocycles. The average Bonchev–Trinajstić information content (AvgIpc) is 3.25. The largest absolute Gasteiger partial charge is 0.435 e.